The van der Waals surface area contributed by atoms with Crippen molar-refractivity contribution in [3.8, 4) is 5.75 Å². The van der Waals surface area contributed by atoms with Crippen LogP contribution in [0.25, 0.3) is 0 Å². The van der Waals surface area contributed by atoms with Crippen molar-refractivity contribution < 1.29 is 14.3 Å². The molecular weight excluding hydrogens is 446 g/mol. The molecule has 1 amide bonds. The highest BCUT2D eigenvalue weighted by molar-refractivity contribution is 8.03. The highest BCUT2D eigenvalue weighted by Crippen LogP contribution is 2.26. The number of thioether (sulfide) groups is 2. The molecule has 2 aromatic rings. The maximum atomic E-state index is 13.1. The standard InChI is InChI=1S/C22H29N5O3S2/c28-22-16-3-1-4-19(9-16)29-6-2-5-27-10-17(24-25-27)13-30-21-12-26(11-20(21)23-22)18-14-31-7-8-32-15-18/h1,3-4,9-10,18,20-21H,2,5-8,11-15H2,(H,23,28)/t20-,21-/m0/s1. The van der Waals surface area contributed by atoms with Gasteiger partial charge in [0.15, 0.2) is 0 Å². The van der Waals surface area contributed by atoms with Crippen molar-refractivity contribution in [2.24, 2.45) is 0 Å². The van der Waals surface area contributed by atoms with E-state index in [9.17, 15) is 4.79 Å². The summed E-state index contributed by atoms with van der Waals surface area (Å²) >= 11 is 4.05. The SMILES string of the molecule is O=C1N[C@H]2CN(C3CSCCSC3)C[C@@H]2OCc2cn(nn2)CCCOc2cccc1c2. The Kier molecular flexibility index (Phi) is 7.21. The van der Waals surface area contributed by atoms with Crippen molar-refractivity contribution in [3.05, 3.63) is 41.7 Å². The van der Waals surface area contributed by atoms with Gasteiger partial charge in [-0.15, -0.1) is 5.10 Å². The van der Waals surface area contributed by atoms with Gasteiger partial charge in [-0.25, -0.2) is 0 Å². The predicted octanol–water partition coefficient (Wildman–Crippen LogP) is 1.91. The molecule has 10 heteroatoms. The number of benzene rings is 1. The fourth-order valence-electron chi connectivity index (χ4n) is 4.33. The van der Waals surface area contributed by atoms with Crippen LogP contribution in [-0.2, 0) is 17.9 Å². The number of hydrogen-bond donors (Lipinski definition) is 1. The molecule has 3 aliphatic rings. The van der Waals surface area contributed by atoms with Crippen molar-refractivity contribution in [2.75, 3.05) is 42.7 Å². The molecule has 3 aliphatic heterocycles. The number of likely N-dealkylation sites (tertiary alicyclic amines) is 1. The first-order valence-corrected chi connectivity index (χ1v) is 13.5. The molecule has 4 heterocycles. The summed E-state index contributed by atoms with van der Waals surface area (Å²) in [4.78, 5) is 15.6. The first-order valence-electron chi connectivity index (χ1n) is 11.2. The summed E-state index contributed by atoms with van der Waals surface area (Å²) < 4.78 is 14.0. The van der Waals surface area contributed by atoms with E-state index in [-0.39, 0.29) is 18.1 Å². The van der Waals surface area contributed by atoms with Crippen molar-refractivity contribution in [3.63, 3.8) is 0 Å². The van der Waals surface area contributed by atoms with E-state index in [4.69, 9.17) is 9.47 Å². The molecule has 1 aromatic heterocycles. The molecule has 172 valence electrons. The normalized spacial score (nSPS) is 26.1. The van der Waals surface area contributed by atoms with E-state index in [1.165, 1.54) is 11.5 Å². The molecule has 1 aromatic carbocycles. The van der Waals surface area contributed by atoms with Crippen molar-refractivity contribution in [2.45, 2.75) is 37.8 Å². The van der Waals surface area contributed by atoms with Crippen molar-refractivity contribution >= 4 is 29.4 Å². The molecule has 0 radical (unpaired) electrons. The Balaban J connectivity index is 1.36. The molecule has 2 saturated heterocycles. The van der Waals surface area contributed by atoms with Gasteiger partial charge in [-0.3, -0.25) is 14.4 Å². The summed E-state index contributed by atoms with van der Waals surface area (Å²) in [5.41, 5.74) is 1.43. The highest BCUT2D eigenvalue weighted by atomic mass is 32.2. The minimum atomic E-state index is -0.0882. The number of aryl methyl sites for hydroxylation is 1. The Bertz CT molecular complexity index is 918. The van der Waals surface area contributed by atoms with Crippen molar-refractivity contribution in [1.29, 1.82) is 0 Å². The number of ether oxygens (including phenoxy) is 2. The minimum absolute atomic E-state index is 0.0757. The van der Waals surface area contributed by atoms with Crippen LogP contribution in [0, 0.1) is 0 Å². The Morgan fingerprint density at radius 1 is 1.16 bits per heavy atom. The third-order valence-corrected chi connectivity index (χ3v) is 8.53. The fraction of sp³-hybridized carbons (Fsp3) is 0.591. The number of aromatic nitrogens is 3. The molecule has 0 unspecified atom stereocenters. The zero-order valence-electron chi connectivity index (χ0n) is 18.0. The van der Waals surface area contributed by atoms with E-state index in [1.54, 1.807) is 0 Å². The summed E-state index contributed by atoms with van der Waals surface area (Å²) in [6.07, 6.45) is 2.65. The van der Waals surface area contributed by atoms with Gasteiger partial charge in [-0.05, 0) is 18.2 Å². The van der Waals surface area contributed by atoms with E-state index in [1.807, 2.05) is 58.7 Å². The lowest BCUT2D eigenvalue weighted by atomic mass is 10.1. The van der Waals surface area contributed by atoms with E-state index < -0.39 is 0 Å². The van der Waals surface area contributed by atoms with Gasteiger partial charge in [0.2, 0.25) is 0 Å². The average Bonchev–Trinajstić information content (AvgIpc) is 3.32. The van der Waals surface area contributed by atoms with Crippen LogP contribution in [-0.4, -0.2) is 86.7 Å². The Hall–Kier alpha value is -1.75. The summed E-state index contributed by atoms with van der Waals surface area (Å²) in [7, 11) is 0. The van der Waals surface area contributed by atoms with Gasteiger partial charge >= 0.3 is 0 Å². The second-order valence-corrected chi connectivity index (χ2v) is 10.7. The number of hydrogen-bond acceptors (Lipinski definition) is 8. The summed E-state index contributed by atoms with van der Waals surface area (Å²) in [6, 6.07) is 7.83. The molecular formula is C22H29N5O3S2. The summed E-state index contributed by atoms with van der Waals surface area (Å²) in [5, 5.41) is 11.7. The van der Waals surface area contributed by atoms with Crippen LogP contribution in [0.15, 0.2) is 30.5 Å². The van der Waals surface area contributed by atoms with Gasteiger partial charge in [-0.1, -0.05) is 11.3 Å². The molecule has 2 atom stereocenters. The predicted molar refractivity (Wildman–Crippen MR) is 126 cm³/mol. The molecule has 1 N–H and O–H groups in total. The minimum Gasteiger partial charge on any atom is -0.494 e. The van der Waals surface area contributed by atoms with Gasteiger partial charge in [0.25, 0.3) is 5.91 Å². The smallest absolute Gasteiger partial charge is 0.251 e. The van der Waals surface area contributed by atoms with Gasteiger partial charge in [0.1, 0.15) is 11.4 Å². The molecule has 8 nitrogen and oxygen atoms in total. The number of nitrogens with one attached hydrogen (secondary N) is 1. The van der Waals surface area contributed by atoms with Crippen LogP contribution in [0.4, 0.5) is 0 Å². The Labute approximate surface area is 196 Å². The third-order valence-electron chi connectivity index (χ3n) is 6.05. The maximum absolute atomic E-state index is 13.1. The van der Waals surface area contributed by atoms with E-state index >= 15 is 0 Å². The molecule has 5 rings (SSSR count). The van der Waals surface area contributed by atoms with Crippen LogP contribution in [0.3, 0.4) is 0 Å². The van der Waals surface area contributed by atoms with E-state index in [0.717, 1.165) is 43.3 Å². The number of carbonyl (C=O) groups is 1. The molecule has 4 bridgehead atoms. The second kappa shape index (κ2) is 10.5. The zero-order chi connectivity index (χ0) is 21.8. The van der Waals surface area contributed by atoms with Crippen LogP contribution < -0.4 is 10.1 Å². The van der Waals surface area contributed by atoms with Gasteiger partial charge in [-0.2, -0.15) is 23.5 Å². The molecule has 2 fully saturated rings. The number of nitrogens with zero attached hydrogens (tertiary/aromatic N) is 4. The number of rotatable bonds is 1. The topological polar surface area (TPSA) is 81.5 Å². The number of fused-ring (bicyclic) bond motifs is 5. The van der Waals surface area contributed by atoms with E-state index in [0.29, 0.717) is 30.6 Å². The first-order chi connectivity index (χ1) is 15.7. The van der Waals surface area contributed by atoms with Crippen LogP contribution in [0.5, 0.6) is 5.75 Å². The fourth-order valence-corrected chi connectivity index (χ4v) is 6.95. The number of carbonyl (C=O) groups excluding carboxylic acids is 1. The molecule has 0 aliphatic carbocycles. The lowest BCUT2D eigenvalue weighted by Gasteiger charge is -2.25. The quantitative estimate of drug-likeness (QED) is 0.670. The molecule has 0 saturated carbocycles. The van der Waals surface area contributed by atoms with Crippen LogP contribution in [0.2, 0.25) is 0 Å². The molecule has 0 spiro atoms. The Morgan fingerprint density at radius 2 is 2.03 bits per heavy atom. The summed E-state index contributed by atoms with van der Waals surface area (Å²) in [6.45, 7) is 3.28. The lowest BCUT2D eigenvalue weighted by molar-refractivity contribution is 0.0285. The highest BCUT2D eigenvalue weighted by Gasteiger charge is 2.38. The van der Waals surface area contributed by atoms with Gasteiger partial charge in [0, 0.05) is 60.7 Å². The first kappa shape index (κ1) is 22.1. The molecule has 32 heavy (non-hydrogen) atoms. The van der Waals surface area contributed by atoms with E-state index in [2.05, 4.69) is 20.5 Å². The van der Waals surface area contributed by atoms with Gasteiger partial charge < -0.3 is 14.8 Å². The lowest BCUT2D eigenvalue weighted by Crippen LogP contribution is -2.44. The average molecular weight is 476 g/mol. The monoisotopic (exact) mass is 475 g/mol. The third kappa shape index (κ3) is 5.41. The summed E-state index contributed by atoms with van der Waals surface area (Å²) in [5.74, 6) is 5.31. The van der Waals surface area contributed by atoms with Crippen LogP contribution in [0.1, 0.15) is 22.5 Å². The zero-order valence-corrected chi connectivity index (χ0v) is 19.7. The van der Waals surface area contributed by atoms with Crippen molar-refractivity contribution in [1.82, 2.24) is 25.2 Å². The van der Waals surface area contributed by atoms with Crippen LogP contribution >= 0.6 is 23.5 Å². The number of amides is 1. The largest absolute Gasteiger partial charge is 0.494 e. The Morgan fingerprint density at radius 3 is 2.91 bits per heavy atom. The maximum Gasteiger partial charge on any atom is 0.251 e. The second-order valence-electron chi connectivity index (χ2n) is 8.39. The van der Waals surface area contributed by atoms with Gasteiger partial charge in [0.05, 0.1) is 31.6 Å².